The van der Waals surface area contributed by atoms with Gasteiger partial charge in [-0.1, -0.05) is 27.7 Å². The number of nitrogens with zero attached hydrogens (tertiary/aromatic N) is 2. The number of nitrogens with one attached hydrogen (secondary N) is 1. The average molecular weight is 405 g/mol. The van der Waals surface area contributed by atoms with E-state index in [0.29, 0.717) is 37.1 Å². The first-order valence-corrected chi connectivity index (χ1v) is 10.0. The Kier molecular flexibility index (Phi) is 5.67. The van der Waals surface area contributed by atoms with Crippen LogP contribution in [0.4, 0.5) is 11.4 Å². The maximum absolute atomic E-state index is 12.3. The lowest BCUT2D eigenvalue weighted by molar-refractivity contribution is -0.118. The molecule has 2 aliphatic rings. The number of rotatable bonds is 4. The molecule has 0 aromatic heterocycles. The van der Waals surface area contributed by atoms with Crippen LogP contribution in [0, 0.1) is 22.2 Å². The molecule has 2 aliphatic carbocycles. The van der Waals surface area contributed by atoms with Crippen LogP contribution in [0.3, 0.4) is 0 Å². The molecule has 156 valence electrons. The van der Waals surface area contributed by atoms with Crippen LogP contribution in [0.15, 0.2) is 51.9 Å². The summed E-state index contributed by atoms with van der Waals surface area (Å²) in [5.41, 5.74) is 2.05. The summed E-state index contributed by atoms with van der Waals surface area (Å²) in [4.78, 5) is 28.8. The third-order valence-electron chi connectivity index (χ3n) is 5.39. The second-order valence-electron chi connectivity index (χ2n) is 9.64. The lowest BCUT2D eigenvalue weighted by Gasteiger charge is -2.30. The van der Waals surface area contributed by atoms with Crippen molar-refractivity contribution in [1.29, 1.82) is 5.26 Å². The van der Waals surface area contributed by atoms with Crippen molar-refractivity contribution in [2.45, 2.75) is 53.4 Å². The molecule has 3 rings (SSSR count). The predicted molar refractivity (Wildman–Crippen MR) is 117 cm³/mol. The molecule has 0 spiro atoms. The number of Topliss-reactive ketones (excluding diaryl/α,β-unsaturated/α-hetero) is 2. The van der Waals surface area contributed by atoms with Crippen molar-refractivity contribution >= 4 is 29.2 Å². The topological polar surface area (TPSA) is 103 Å². The first kappa shape index (κ1) is 21.5. The number of carbonyl (C=O) groups is 2. The zero-order valence-electron chi connectivity index (χ0n) is 17.9. The van der Waals surface area contributed by atoms with Crippen LogP contribution in [0.2, 0.25) is 0 Å². The van der Waals surface area contributed by atoms with Gasteiger partial charge in [-0.25, -0.2) is 0 Å². The van der Waals surface area contributed by atoms with E-state index < -0.39 is 0 Å². The third-order valence-corrected chi connectivity index (χ3v) is 5.39. The van der Waals surface area contributed by atoms with Crippen molar-refractivity contribution < 1.29 is 14.7 Å². The molecule has 6 heteroatoms. The number of nitriles is 1. The van der Waals surface area contributed by atoms with Crippen molar-refractivity contribution in [3.8, 4) is 6.07 Å². The Morgan fingerprint density at radius 1 is 1.00 bits per heavy atom. The quantitative estimate of drug-likeness (QED) is 0.673. The van der Waals surface area contributed by atoms with E-state index in [1.54, 1.807) is 24.3 Å². The first-order valence-electron chi connectivity index (χ1n) is 10.0. The number of anilines is 1. The predicted octanol–water partition coefficient (Wildman–Crippen LogP) is 5.17. The SMILES string of the molecule is CC1(C)CC(=O)C(C=Nc2ccc(NC3=C(C#N)C(=O)CC(C)(C)C3)cc2)=C(O)C1. The van der Waals surface area contributed by atoms with E-state index in [2.05, 4.69) is 10.3 Å². The lowest BCUT2D eigenvalue weighted by atomic mass is 9.76. The van der Waals surface area contributed by atoms with E-state index in [1.165, 1.54) is 6.21 Å². The van der Waals surface area contributed by atoms with Crippen molar-refractivity contribution in [1.82, 2.24) is 0 Å². The fraction of sp³-hybridized carbons (Fsp3) is 0.417. The maximum Gasteiger partial charge on any atom is 0.175 e. The second kappa shape index (κ2) is 7.91. The third kappa shape index (κ3) is 4.85. The highest BCUT2D eigenvalue weighted by molar-refractivity contribution is 6.14. The molecule has 0 amide bonds. The average Bonchev–Trinajstić information content (AvgIpc) is 2.60. The summed E-state index contributed by atoms with van der Waals surface area (Å²) in [6.07, 6.45) is 3.25. The normalized spacial score (nSPS) is 21.2. The van der Waals surface area contributed by atoms with Crippen LogP contribution < -0.4 is 5.32 Å². The summed E-state index contributed by atoms with van der Waals surface area (Å²) in [5, 5.41) is 22.7. The van der Waals surface area contributed by atoms with Gasteiger partial charge in [0, 0.05) is 36.9 Å². The van der Waals surface area contributed by atoms with E-state index in [-0.39, 0.29) is 39.3 Å². The number of carbonyl (C=O) groups excluding carboxylic acids is 2. The van der Waals surface area contributed by atoms with Gasteiger partial charge >= 0.3 is 0 Å². The highest BCUT2D eigenvalue weighted by atomic mass is 16.3. The van der Waals surface area contributed by atoms with Crippen LogP contribution in [0.25, 0.3) is 0 Å². The van der Waals surface area contributed by atoms with Crippen molar-refractivity contribution in [2.75, 3.05) is 5.32 Å². The highest BCUT2D eigenvalue weighted by Crippen LogP contribution is 2.37. The number of aliphatic hydroxyl groups excluding tert-OH is 1. The molecule has 0 saturated carbocycles. The molecule has 30 heavy (non-hydrogen) atoms. The lowest BCUT2D eigenvalue weighted by Crippen LogP contribution is -2.27. The Hall–Kier alpha value is -3.20. The monoisotopic (exact) mass is 405 g/mol. The summed E-state index contributed by atoms with van der Waals surface area (Å²) in [6, 6.07) is 9.19. The minimum absolute atomic E-state index is 0.0823. The standard InChI is InChI=1S/C24H27N3O3/c1-23(2)9-19(17(13-25)20(28)10-23)27-16-7-5-15(6-8-16)26-14-18-21(29)11-24(3,4)12-22(18)30/h5-8,14,27,29H,9-12H2,1-4H3. The van der Waals surface area contributed by atoms with Crippen LogP contribution in [-0.4, -0.2) is 22.9 Å². The summed E-state index contributed by atoms with van der Waals surface area (Å²) in [6.45, 7) is 7.93. The Balaban J connectivity index is 1.76. The van der Waals surface area contributed by atoms with Gasteiger partial charge in [0.25, 0.3) is 0 Å². The van der Waals surface area contributed by atoms with Crippen molar-refractivity contribution in [3.05, 3.63) is 46.9 Å². The number of allylic oxidation sites excluding steroid dienone is 4. The summed E-state index contributed by atoms with van der Waals surface area (Å²) >= 11 is 0. The van der Waals surface area contributed by atoms with Crippen molar-refractivity contribution in [2.24, 2.45) is 15.8 Å². The summed E-state index contributed by atoms with van der Waals surface area (Å²) < 4.78 is 0. The molecule has 6 nitrogen and oxygen atoms in total. The molecule has 0 fully saturated rings. The van der Waals surface area contributed by atoms with Gasteiger partial charge in [0.1, 0.15) is 17.4 Å². The molecule has 1 aromatic carbocycles. The molecule has 0 atom stereocenters. The molecular weight excluding hydrogens is 378 g/mol. The number of ketones is 2. The van der Waals surface area contributed by atoms with E-state index >= 15 is 0 Å². The van der Waals surface area contributed by atoms with E-state index in [4.69, 9.17) is 0 Å². The second-order valence-corrected chi connectivity index (χ2v) is 9.64. The van der Waals surface area contributed by atoms with Crippen LogP contribution in [-0.2, 0) is 9.59 Å². The fourth-order valence-corrected chi connectivity index (χ4v) is 3.95. The van der Waals surface area contributed by atoms with Gasteiger partial charge in [-0.3, -0.25) is 14.6 Å². The van der Waals surface area contributed by atoms with E-state index in [9.17, 15) is 20.0 Å². The van der Waals surface area contributed by atoms with Gasteiger partial charge in [-0.2, -0.15) is 5.26 Å². The van der Waals surface area contributed by atoms with Gasteiger partial charge in [0.05, 0.1) is 11.3 Å². The zero-order valence-corrected chi connectivity index (χ0v) is 17.9. The summed E-state index contributed by atoms with van der Waals surface area (Å²) in [7, 11) is 0. The Labute approximate surface area is 177 Å². The molecule has 0 bridgehead atoms. The fourth-order valence-electron chi connectivity index (χ4n) is 3.95. The smallest absolute Gasteiger partial charge is 0.175 e. The van der Waals surface area contributed by atoms with Gasteiger partial charge in [0.15, 0.2) is 11.6 Å². The zero-order chi connectivity index (χ0) is 22.1. The Morgan fingerprint density at radius 2 is 1.60 bits per heavy atom. The highest BCUT2D eigenvalue weighted by Gasteiger charge is 2.33. The summed E-state index contributed by atoms with van der Waals surface area (Å²) in [5.74, 6) is -0.156. The molecule has 0 saturated heterocycles. The number of benzene rings is 1. The van der Waals surface area contributed by atoms with Gasteiger partial charge in [-0.05, 0) is 41.5 Å². The molecule has 0 radical (unpaired) electrons. The molecular formula is C24H27N3O3. The number of hydrogen-bond donors (Lipinski definition) is 2. The van der Waals surface area contributed by atoms with E-state index in [1.807, 2.05) is 33.8 Å². The largest absolute Gasteiger partial charge is 0.511 e. The van der Waals surface area contributed by atoms with Crippen molar-refractivity contribution in [3.63, 3.8) is 0 Å². The van der Waals surface area contributed by atoms with Gasteiger partial charge in [-0.15, -0.1) is 0 Å². The molecule has 2 N–H and O–H groups in total. The van der Waals surface area contributed by atoms with Gasteiger partial charge in [0.2, 0.25) is 0 Å². The number of hydrogen-bond acceptors (Lipinski definition) is 6. The molecule has 0 unspecified atom stereocenters. The Morgan fingerprint density at radius 3 is 2.20 bits per heavy atom. The Bertz CT molecular complexity index is 1020. The first-order chi connectivity index (χ1) is 14.0. The number of aliphatic hydroxyl groups is 1. The van der Waals surface area contributed by atoms with Crippen LogP contribution in [0.5, 0.6) is 0 Å². The van der Waals surface area contributed by atoms with Crippen LogP contribution >= 0.6 is 0 Å². The minimum Gasteiger partial charge on any atom is -0.511 e. The molecule has 1 aromatic rings. The van der Waals surface area contributed by atoms with Gasteiger partial charge < -0.3 is 10.4 Å². The van der Waals surface area contributed by atoms with Crippen LogP contribution in [0.1, 0.15) is 53.4 Å². The van der Waals surface area contributed by atoms with E-state index in [0.717, 1.165) is 5.69 Å². The minimum atomic E-state index is -0.238. The molecule has 0 aliphatic heterocycles. The molecule has 0 heterocycles. The number of aliphatic imine (C=N–C) groups is 1. The maximum atomic E-state index is 12.3.